The van der Waals surface area contributed by atoms with E-state index < -0.39 is 9.84 Å². The highest BCUT2D eigenvalue weighted by molar-refractivity contribution is 9.10. The molecule has 2 aromatic heterocycles. The number of rotatable bonds is 3. The number of hydrogen-bond donors (Lipinski definition) is 1. The Balaban J connectivity index is 1.37. The molecular weight excluding hydrogens is 432 g/mol. The molecular formula is C18H21BrN4O3S. The quantitative estimate of drug-likeness (QED) is 0.763. The first-order valence-corrected chi connectivity index (χ1v) is 11.8. The van der Waals surface area contributed by atoms with Crippen molar-refractivity contribution in [3.05, 3.63) is 22.5 Å². The number of nitrogens with zero attached hydrogens (tertiary/aromatic N) is 3. The van der Waals surface area contributed by atoms with Gasteiger partial charge in [-0.2, -0.15) is 5.26 Å². The highest BCUT2D eigenvalue weighted by Gasteiger charge is 2.30. The molecule has 0 atom stereocenters. The van der Waals surface area contributed by atoms with Crippen molar-refractivity contribution < 1.29 is 12.8 Å². The molecule has 0 unspecified atom stereocenters. The van der Waals surface area contributed by atoms with Gasteiger partial charge in [-0.3, -0.25) is 4.90 Å². The number of anilines is 1. The molecule has 4 rings (SSSR count). The smallest absolute Gasteiger partial charge is 0.204 e. The SMILES string of the molecule is N#Cc1cc2c(Br)c(NC3CCC(N4CCS(=O)(=O)CC4)CC3)ncc2o1. The maximum Gasteiger partial charge on any atom is 0.204 e. The lowest BCUT2D eigenvalue weighted by Crippen LogP contribution is -2.48. The number of sulfone groups is 1. The van der Waals surface area contributed by atoms with Crippen LogP contribution in [0.5, 0.6) is 0 Å². The summed E-state index contributed by atoms with van der Waals surface area (Å²) in [5.74, 6) is 1.61. The minimum absolute atomic E-state index is 0.272. The summed E-state index contributed by atoms with van der Waals surface area (Å²) in [6.45, 7) is 1.33. The normalized spacial score (nSPS) is 25.9. The Morgan fingerprint density at radius 2 is 1.96 bits per heavy atom. The first-order chi connectivity index (χ1) is 12.9. The lowest BCUT2D eigenvalue weighted by atomic mass is 9.90. The van der Waals surface area contributed by atoms with Crippen molar-refractivity contribution in [3.63, 3.8) is 0 Å². The van der Waals surface area contributed by atoms with Gasteiger partial charge < -0.3 is 9.73 Å². The van der Waals surface area contributed by atoms with Crippen molar-refractivity contribution >= 4 is 42.6 Å². The molecule has 0 aromatic carbocycles. The molecule has 2 aromatic rings. The van der Waals surface area contributed by atoms with Gasteiger partial charge >= 0.3 is 0 Å². The molecule has 0 bridgehead atoms. The van der Waals surface area contributed by atoms with E-state index in [4.69, 9.17) is 9.68 Å². The predicted octanol–water partition coefficient (Wildman–Crippen LogP) is 2.92. The standard InChI is InChI=1S/C18H21BrN4O3S/c19-17-15-9-14(10-20)26-16(15)11-21-18(17)22-12-1-3-13(4-2-12)23-5-7-27(24,25)8-6-23/h9,11-13H,1-8H2,(H,21,22). The molecule has 1 aliphatic heterocycles. The second-order valence-corrected chi connectivity index (χ2v) is 10.4. The zero-order chi connectivity index (χ0) is 19.0. The van der Waals surface area contributed by atoms with Crippen LogP contribution in [-0.2, 0) is 9.84 Å². The molecule has 2 fully saturated rings. The maximum atomic E-state index is 11.6. The third kappa shape index (κ3) is 3.98. The van der Waals surface area contributed by atoms with Crippen LogP contribution < -0.4 is 5.32 Å². The van der Waals surface area contributed by atoms with Gasteiger partial charge in [0, 0.05) is 36.6 Å². The van der Waals surface area contributed by atoms with E-state index >= 15 is 0 Å². The molecule has 9 heteroatoms. The number of fused-ring (bicyclic) bond motifs is 1. The van der Waals surface area contributed by atoms with Crippen LogP contribution in [0, 0.1) is 11.3 Å². The minimum Gasteiger partial charge on any atom is -0.444 e. The van der Waals surface area contributed by atoms with Gasteiger partial charge in [-0.15, -0.1) is 0 Å². The molecule has 1 saturated carbocycles. The summed E-state index contributed by atoms with van der Waals surface area (Å²) in [5.41, 5.74) is 0.590. The van der Waals surface area contributed by atoms with E-state index in [1.54, 1.807) is 12.3 Å². The zero-order valence-corrected chi connectivity index (χ0v) is 17.2. The zero-order valence-electron chi connectivity index (χ0n) is 14.8. The van der Waals surface area contributed by atoms with Crippen molar-refractivity contribution in [3.8, 4) is 6.07 Å². The fraction of sp³-hybridized carbons (Fsp3) is 0.556. The van der Waals surface area contributed by atoms with Gasteiger partial charge in [-0.1, -0.05) is 0 Å². The van der Waals surface area contributed by atoms with Gasteiger partial charge in [-0.25, -0.2) is 13.4 Å². The average molecular weight is 453 g/mol. The van der Waals surface area contributed by atoms with Gasteiger partial charge in [0.1, 0.15) is 11.9 Å². The largest absolute Gasteiger partial charge is 0.444 e. The second-order valence-electron chi connectivity index (χ2n) is 7.26. The Hall–Kier alpha value is -1.63. The van der Waals surface area contributed by atoms with E-state index in [0.717, 1.165) is 41.4 Å². The molecule has 2 aliphatic rings. The van der Waals surface area contributed by atoms with Crippen LogP contribution in [0.4, 0.5) is 5.82 Å². The highest BCUT2D eigenvalue weighted by Crippen LogP contribution is 2.33. The van der Waals surface area contributed by atoms with Crippen molar-refractivity contribution in [2.75, 3.05) is 29.9 Å². The van der Waals surface area contributed by atoms with E-state index in [-0.39, 0.29) is 17.3 Å². The van der Waals surface area contributed by atoms with Crippen molar-refractivity contribution in [1.82, 2.24) is 9.88 Å². The van der Waals surface area contributed by atoms with Gasteiger partial charge in [-0.05, 0) is 41.6 Å². The number of hydrogen-bond acceptors (Lipinski definition) is 7. The van der Waals surface area contributed by atoms with Crippen LogP contribution in [0.2, 0.25) is 0 Å². The Morgan fingerprint density at radius 3 is 2.63 bits per heavy atom. The van der Waals surface area contributed by atoms with Crippen LogP contribution >= 0.6 is 15.9 Å². The second kappa shape index (κ2) is 7.41. The summed E-state index contributed by atoms with van der Waals surface area (Å²) in [6.07, 6.45) is 5.80. The topological polar surface area (TPSA) is 99.2 Å². The summed E-state index contributed by atoms with van der Waals surface area (Å²) in [7, 11) is -2.82. The first-order valence-electron chi connectivity index (χ1n) is 9.14. The van der Waals surface area contributed by atoms with Crippen LogP contribution in [0.15, 0.2) is 21.2 Å². The Kier molecular flexibility index (Phi) is 5.14. The summed E-state index contributed by atoms with van der Waals surface area (Å²) >= 11 is 3.58. The summed E-state index contributed by atoms with van der Waals surface area (Å²) < 4.78 is 29.4. The fourth-order valence-electron chi connectivity index (χ4n) is 4.01. The van der Waals surface area contributed by atoms with Gasteiger partial charge in [0.25, 0.3) is 0 Å². The van der Waals surface area contributed by atoms with Gasteiger partial charge in [0.15, 0.2) is 15.4 Å². The molecule has 27 heavy (non-hydrogen) atoms. The van der Waals surface area contributed by atoms with Crippen molar-refractivity contribution in [1.29, 1.82) is 5.26 Å². The van der Waals surface area contributed by atoms with E-state index in [1.165, 1.54) is 0 Å². The lowest BCUT2D eigenvalue weighted by molar-refractivity contribution is 0.164. The Bertz CT molecular complexity index is 976. The van der Waals surface area contributed by atoms with Crippen LogP contribution in [0.3, 0.4) is 0 Å². The van der Waals surface area contributed by atoms with Crippen molar-refractivity contribution in [2.24, 2.45) is 0 Å². The summed E-state index contributed by atoms with van der Waals surface area (Å²) in [5, 5.41) is 13.3. The predicted molar refractivity (Wildman–Crippen MR) is 106 cm³/mol. The van der Waals surface area contributed by atoms with Gasteiger partial charge in [0.2, 0.25) is 5.76 Å². The summed E-state index contributed by atoms with van der Waals surface area (Å²) in [4.78, 5) is 6.77. The highest BCUT2D eigenvalue weighted by atomic mass is 79.9. The number of halogens is 1. The molecule has 1 aliphatic carbocycles. The minimum atomic E-state index is -2.82. The molecule has 0 amide bonds. The molecule has 0 spiro atoms. The monoisotopic (exact) mass is 452 g/mol. The lowest BCUT2D eigenvalue weighted by Gasteiger charge is -2.39. The van der Waals surface area contributed by atoms with Crippen LogP contribution in [0.25, 0.3) is 11.0 Å². The molecule has 144 valence electrons. The third-order valence-electron chi connectivity index (χ3n) is 5.56. The van der Waals surface area contributed by atoms with Crippen molar-refractivity contribution in [2.45, 2.75) is 37.8 Å². The summed E-state index contributed by atoms with van der Waals surface area (Å²) in [6, 6.07) is 4.53. The Morgan fingerprint density at radius 1 is 1.26 bits per heavy atom. The molecule has 0 radical (unpaired) electrons. The van der Waals surface area contributed by atoms with E-state index in [9.17, 15) is 8.42 Å². The molecule has 3 heterocycles. The molecule has 1 saturated heterocycles. The van der Waals surface area contributed by atoms with E-state index in [0.29, 0.717) is 30.8 Å². The average Bonchev–Trinajstić information content (AvgIpc) is 3.09. The third-order valence-corrected chi connectivity index (χ3v) is 7.97. The fourth-order valence-corrected chi connectivity index (χ4v) is 5.76. The Labute approximate surface area is 166 Å². The molecule has 7 nitrogen and oxygen atoms in total. The number of furan rings is 1. The number of pyridine rings is 1. The maximum absolute atomic E-state index is 11.6. The molecule has 1 N–H and O–H groups in total. The van der Waals surface area contributed by atoms with Crippen LogP contribution in [-0.4, -0.2) is 55.0 Å². The first kappa shape index (κ1) is 18.7. The van der Waals surface area contributed by atoms with E-state index in [2.05, 4.69) is 31.1 Å². The van der Waals surface area contributed by atoms with Crippen LogP contribution in [0.1, 0.15) is 31.4 Å². The number of nitrogens with one attached hydrogen (secondary N) is 1. The number of nitriles is 1. The van der Waals surface area contributed by atoms with Gasteiger partial charge in [0.05, 0.1) is 22.2 Å². The number of aromatic nitrogens is 1. The van der Waals surface area contributed by atoms with E-state index in [1.807, 2.05) is 6.07 Å².